The number of piperazine rings is 1. The Morgan fingerprint density at radius 2 is 1.71 bits per heavy atom. The van der Waals surface area contributed by atoms with Crippen LogP contribution < -0.4 is 0 Å². The van der Waals surface area contributed by atoms with Gasteiger partial charge in [-0.25, -0.2) is 0 Å². The summed E-state index contributed by atoms with van der Waals surface area (Å²) in [5.74, 6) is 2.70. The minimum absolute atomic E-state index is 0.318. The number of rotatable bonds is 2. The number of terminal acetylenes is 1. The Bertz CT molecular complexity index is 201. The topological polar surface area (TPSA) is 6.48 Å². The molecule has 0 saturated carbocycles. The average molecular weight is 194 g/mol. The summed E-state index contributed by atoms with van der Waals surface area (Å²) in [4.78, 5) is 5.00. The van der Waals surface area contributed by atoms with Crippen LogP contribution in [-0.4, -0.2) is 48.1 Å². The first-order valence-corrected chi connectivity index (χ1v) is 5.45. The largest absolute Gasteiger partial charge is 0.300 e. The molecule has 0 N–H and O–H groups in total. The number of hydrogen-bond acceptors (Lipinski definition) is 2. The normalized spacial score (nSPS) is 20.7. The van der Waals surface area contributed by atoms with E-state index in [0.717, 1.165) is 13.0 Å². The minimum atomic E-state index is 0.318. The third-order valence-corrected chi connectivity index (χ3v) is 2.89. The summed E-state index contributed by atoms with van der Waals surface area (Å²) in [6.45, 7) is 12.6. The lowest BCUT2D eigenvalue weighted by Crippen LogP contribution is -2.53. The highest BCUT2D eigenvalue weighted by molar-refractivity contribution is 4.87. The van der Waals surface area contributed by atoms with Crippen LogP contribution in [0.2, 0.25) is 0 Å². The highest BCUT2D eigenvalue weighted by Crippen LogP contribution is 2.15. The molecule has 0 atom stereocenters. The van der Waals surface area contributed by atoms with Crippen molar-refractivity contribution in [2.75, 3.05) is 32.7 Å². The molecule has 2 nitrogen and oxygen atoms in total. The maximum atomic E-state index is 5.26. The van der Waals surface area contributed by atoms with Gasteiger partial charge in [0.1, 0.15) is 0 Å². The molecule has 1 aliphatic heterocycles. The van der Waals surface area contributed by atoms with Gasteiger partial charge >= 0.3 is 0 Å². The van der Waals surface area contributed by atoms with E-state index < -0.39 is 0 Å². The molecule has 1 heterocycles. The summed E-state index contributed by atoms with van der Waals surface area (Å²) in [5.41, 5.74) is 0.318. The second-order valence-corrected chi connectivity index (χ2v) is 4.95. The minimum Gasteiger partial charge on any atom is -0.300 e. The second kappa shape index (κ2) is 4.82. The van der Waals surface area contributed by atoms with Crippen LogP contribution in [0.4, 0.5) is 0 Å². The van der Waals surface area contributed by atoms with Gasteiger partial charge in [-0.1, -0.05) is 0 Å². The highest BCUT2D eigenvalue weighted by Gasteiger charge is 2.25. The molecule has 1 rings (SSSR count). The van der Waals surface area contributed by atoms with Crippen molar-refractivity contribution in [1.29, 1.82) is 0 Å². The molecule has 1 aliphatic rings. The Labute approximate surface area is 88.3 Å². The molecule has 0 aliphatic carbocycles. The van der Waals surface area contributed by atoms with Crippen LogP contribution in [0.5, 0.6) is 0 Å². The van der Waals surface area contributed by atoms with Crippen LogP contribution in [0.15, 0.2) is 0 Å². The third-order valence-electron chi connectivity index (χ3n) is 2.89. The first-order valence-electron chi connectivity index (χ1n) is 5.45. The Morgan fingerprint density at radius 1 is 1.14 bits per heavy atom. The van der Waals surface area contributed by atoms with Gasteiger partial charge in [0.2, 0.25) is 0 Å². The van der Waals surface area contributed by atoms with E-state index >= 15 is 0 Å². The molecule has 0 radical (unpaired) electrons. The van der Waals surface area contributed by atoms with Crippen molar-refractivity contribution in [3.63, 3.8) is 0 Å². The second-order valence-electron chi connectivity index (χ2n) is 4.95. The Balaban J connectivity index is 2.29. The zero-order chi connectivity index (χ0) is 10.6. The van der Waals surface area contributed by atoms with E-state index in [0.29, 0.717) is 5.54 Å². The molecular formula is C12H22N2. The smallest absolute Gasteiger partial charge is 0.0214 e. The molecular weight excluding hydrogens is 172 g/mol. The van der Waals surface area contributed by atoms with Gasteiger partial charge in [-0.2, -0.15) is 0 Å². The van der Waals surface area contributed by atoms with Crippen LogP contribution in [0, 0.1) is 12.3 Å². The lowest BCUT2D eigenvalue weighted by atomic mass is 10.0. The Kier molecular flexibility index (Phi) is 3.97. The van der Waals surface area contributed by atoms with E-state index in [9.17, 15) is 0 Å². The molecule has 2 heteroatoms. The molecule has 0 aromatic heterocycles. The first-order chi connectivity index (χ1) is 6.54. The number of hydrogen-bond donors (Lipinski definition) is 0. The van der Waals surface area contributed by atoms with E-state index in [1.165, 1.54) is 26.2 Å². The molecule has 0 aromatic rings. The lowest BCUT2D eigenvalue weighted by molar-refractivity contribution is 0.0634. The molecule has 1 saturated heterocycles. The molecule has 0 bridgehead atoms. The summed E-state index contributed by atoms with van der Waals surface area (Å²) >= 11 is 0. The highest BCUT2D eigenvalue weighted by atomic mass is 15.3. The predicted octanol–water partition coefficient (Wildman–Crippen LogP) is 1.43. The summed E-state index contributed by atoms with van der Waals surface area (Å²) in [5, 5.41) is 0. The van der Waals surface area contributed by atoms with Gasteiger partial charge in [-0.3, -0.25) is 9.80 Å². The standard InChI is InChI=1S/C12H22N2/c1-5-6-7-13-8-10-14(11-9-13)12(2,3)4/h1H,6-11H2,2-4H3. The maximum absolute atomic E-state index is 5.26. The zero-order valence-corrected chi connectivity index (χ0v) is 9.71. The van der Waals surface area contributed by atoms with Crippen LogP contribution in [0.3, 0.4) is 0 Å². The van der Waals surface area contributed by atoms with Gasteiger partial charge < -0.3 is 0 Å². The van der Waals surface area contributed by atoms with Crippen molar-refractivity contribution in [1.82, 2.24) is 9.80 Å². The van der Waals surface area contributed by atoms with Crippen molar-refractivity contribution in [2.45, 2.75) is 32.7 Å². The molecule has 0 spiro atoms. The summed E-state index contributed by atoms with van der Waals surface area (Å²) in [6.07, 6.45) is 6.14. The lowest BCUT2D eigenvalue weighted by Gasteiger charge is -2.42. The van der Waals surface area contributed by atoms with Crippen molar-refractivity contribution in [3.05, 3.63) is 0 Å². The SMILES string of the molecule is C#CCCN1CCN(C(C)(C)C)CC1. The van der Waals surface area contributed by atoms with Crippen molar-refractivity contribution in [3.8, 4) is 12.3 Å². The monoisotopic (exact) mass is 194 g/mol. The Morgan fingerprint density at radius 3 is 2.14 bits per heavy atom. The zero-order valence-electron chi connectivity index (χ0n) is 9.71. The van der Waals surface area contributed by atoms with Crippen molar-refractivity contribution < 1.29 is 0 Å². The van der Waals surface area contributed by atoms with Gasteiger partial charge in [0.15, 0.2) is 0 Å². The van der Waals surface area contributed by atoms with Crippen LogP contribution in [0.1, 0.15) is 27.2 Å². The molecule has 0 amide bonds. The molecule has 14 heavy (non-hydrogen) atoms. The molecule has 0 unspecified atom stereocenters. The average Bonchev–Trinajstić information content (AvgIpc) is 2.14. The van der Waals surface area contributed by atoms with E-state index in [4.69, 9.17) is 6.42 Å². The van der Waals surface area contributed by atoms with Gasteiger partial charge in [0, 0.05) is 44.7 Å². The maximum Gasteiger partial charge on any atom is 0.0214 e. The first kappa shape index (κ1) is 11.6. The van der Waals surface area contributed by atoms with Gasteiger partial charge in [0.25, 0.3) is 0 Å². The van der Waals surface area contributed by atoms with Crippen LogP contribution >= 0.6 is 0 Å². The number of nitrogens with zero attached hydrogens (tertiary/aromatic N) is 2. The van der Waals surface area contributed by atoms with Gasteiger partial charge in [0.05, 0.1) is 0 Å². The summed E-state index contributed by atoms with van der Waals surface area (Å²) < 4.78 is 0. The molecule has 0 aromatic carbocycles. The fraction of sp³-hybridized carbons (Fsp3) is 0.833. The van der Waals surface area contributed by atoms with E-state index in [1.54, 1.807) is 0 Å². The van der Waals surface area contributed by atoms with Crippen LogP contribution in [0.25, 0.3) is 0 Å². The Hall–Kier alpha value is -0.520. The van der Waals surface area contributed by atoms with Crippen molar-refractivity contribution >= 4 is 0 Å². The van der Waals surface area contributed by atoms with Crippen LogP contribution in [-0.2, 0) is 0 Å². The summed E-state index contributed by atoms with van der Waals surface area (Å²) in [6, 6.07) is 0. The van der Waals surface area contributed by atoms with E-state index in [-0.39, 0.29) is 0 Å². The van der Waals surface area contributed by atoms with E-state index in [2.05, 4.69) is 36.5 Å². The molecule has 1 fully saturated rings. The predicted molar refractivity (Wildman–Crippen MR) is 61.2 cm³/mol. The third kappa shape index (κ3) is 3.32. The quantitative estimate of drug-likeness (QED) is 0.614. The fourth-order valence-electron chi connectivity index (χ4n) is 1.86. The molecule has 80 valence electrons. The van der Waals surface area contributed by atoms with Crippen molar-refractivity contribution in [2.24, 2.45) is 0 Å². The summed E-state index contributed by atoms with van der Waals surface area (Å²) in [7, 11) is 0. The fourth-order valence-corrected chi connectivity index (χ4v) is 1.86. The van der Waals surface area contributed by atoms with E-state index in [1.807, 2.05) is 0 Å². The van der Waals surface area contributed by atoms with Gasteiger partial charge in [-0.05, 0) is 20.8 Å². The van der Waals surface area contributed by atoms with Gasteiger partial charge in [-0.15, -0.1) is 12.3 Å².